The number of rotatable bonds is 1. The van der Waals surface area contributed by atoms with Crippen molar-refractivity contribution in [2.45, 2.75) is 19.3 Å². The number of aryl methyl sites for hydroxylation is 1. The lowest BCUT2D eigenvalue weighted by Crippen LogP contribution is -1.93. The largest absolute Gasteiger partial charge is 0.493 e. The van der Waals surface area contributed by atoms with Crippen LogP contribution in [0.1, 0.15) is 24.0 Å². The molecule has 2 aromatic rings. The van der Waals surface area contributed by atoms with Crippen molar-refractivity contribution in [2.24, 2.45) is 0 Å². The second kappa shape index (κ2) is 5.83. The van der Waals surface area contributed by atoms with Gasteiger partial charge in [0.2, 0.25) is 0 Å². The van der Waals surface area contributed by atoms with E-state index in [-0.39, 0.29) is 0 Å². The topological polar surface area (TPSA) is 18.5 Å². The van der Waals surface area contributed by atoms with Gasteiger partial charge in [-0.3, -0.25) is 0 Å². The van der Waals surface area contributed by atoms with Gasteiger partial charge in [0.25, 0.3) is 0 Å². The Bertz CT molecular complexity index is 612. The van der Waals surface area contributed by atoms with Crippen LogP contribution in [0.3, 0.4) is 0 Å². The Hall–Kier alpha value is -2.22. The third-order valence-corrected chi connectivity index (χ3v) is 3.48. The minimum Gasteiger partial charge on any atom is -0.493 e. The van der Waals surface area contributed by atoms with Crippen LogP contribution in [-0.4, -0.2) is 7.11 Å². The van der Waals surface area contributed by atoms with Gasteiger partial charge in [0.1, 0.15) is 5.75 Å². The quantitative estimate of drug-likeness (QED) is 0.735. The molecule has 0 fully saturated rings. The van der Waals surface area contributed by atoms with Crippen LogP contribution in [0.4, 0.5) is 0 Å². The van der Waals surface area contributed by atoms with Gasteiger partial charge in [0.15, 0.2) is 11.5 Å². The Morgan fingerprint density at radius 1 is 1.05 bits per heavy atom. The van der Waals surface area contributed by atoms with Crippen molar-refractivity contribution in [1.29, 1.82) is 0 Å². The summed E-state index contributed by atoms with van der Waals surface area (Å²) in [6.07, 6.45) is 7.68. The van der Waals surface area contributed by atoms with Crippen LogP contribution < -0.4 is 9.47 Å². The van der Waals surface area contributed by atoms with Crippen LogP contribution in [0.5, 0.6) is 17.2 Å². The molecular weight excluding hydrogens is 248 g/mol. The molecule has 0 aromatic heterocycles. The van der Waals surface area contributed by atoms with E-state index < -0.39 is 0 Å². The molecule has 0 spiro atoms. The summed E-state index contributed by atoms with van der Waals surface area (Å²) in [5.74, 6) is 2.38. The van der Waals surface area contributed by atoms with E-state index in [2.05, 4.69) is 36.4 Å². The molecule has 2 nitrogen and oxygen atoms in total. The first kappa shape index (κ1) is 12.8. The SMILES string of the molecule is COc1ccc2cc1Oc1ccc(cc1)/C=C\CCC2. The van der Waals surface area contributed by atoms with Crippen LogP contribution in [-0.2, 0) is 6.42 Å². The molecule has 0 amide bonds. The molecule has 0 unspecified atom stereocenters. The highest BCUT2D eigenvalue weighted by molar-refractivity contribution is 5.52. The summed E-state index contributed by atoms with van der Waals surface area (Å²) in [4.78, 5) is 0. The van der Waals surface area contributed by atoms with E-state index in [1.165, 1.54) is 11.1 Å². The zero-order valence-corrected chi connectivity index (χ0v) is 11.6. The lowest BCUT2D eigenvalue weighted by Gasteiger charge is -2.12. The average Bonchev–Trinajstić information content (AvgIpc) is 2.50. The van der Waals surface area contributed by atoms with Crippen molar-refractivity contribution < 1.29 is 9.47 Å². The summed E-state index contributed by atoms with van der Waals surface area (Å²) in [7, 11) is 1.67. The van der Waals surface area contributed by atoms with Crippen molar-refractivity contribution in [3.8, 4) is 17.2 Å². The first-order valence-electron chi connectivity index (χ1n) is 6.96. The van der Waals surface area contributed by atoms with Crippen LogP contribution in [0.15, 0.2) is 48.5 Å². The molecule has 0 saturated heterocycles. The van der Waals surface area contributed by atoms with Crippen LogP contribution in [0.2, 0.25) is 0 Å². The molecule has 2 heterocycles. The van der Waals surface area contributed by atoms with Crippen LogP contribution >= 0.6 is 0 Å². The van der Waals surface area contributed by atoms with Gasteiger partial charge in [-0.05, 0) is 54.7 Å². The molecule has 20 heavy (non-hydrogen) atoms. The van der Waals surface area contributed by atoms with Crippen molar-refractivity contribution >= 4 is 6.08 Å². The van der Waals surface area contributed by atoms with Crippen LogP contribution in [0, 0.1) is 0 Å². The third-order valence-electron chi connectivity index (χ3n) is 3.48. The van der Waals surface area contributed by atoms with Gasteiger partial charge >= 0.3 is 0 Å². The standard InChI is InChI=1S/C18H18O2/c1-19-17-12-9-15-6-4-2-3-5-14-7-10-16(11-8-14)20-18(17)13-15/h3,5,7-13H,2,4,6H2,1H3/b5-3-. The molecule has 0 saturated carbocycles. The fourth-order valence-electron chi connectivity index (χ4n) is 2.37. The zero-order valence-electron chi connectivity index (χ0n) is 11.6. The first-order chi connectivity index (χ1) is 9.85. The monoisotopic (exact) mass is 266 g/mol. The second-order valence-electron chi connectivity index (χ2n) is 4.95. The predicted molar refractivity (Wildman–Crippen MR) is 81.5 cm³/mol. The van der Waals surface area contributed by atoms with Gasteiger partial charge in [-0.15, -0.1) is 0 Å². The molecule has 4 rings (SSSR count). The van der Waals surface area contributed by atoms with E-state index in [0.29, 0.717) is 0 Å². The van der Waals surface area contributed by atoms with Crippen LogP contribution in [0.25, 0.3) is 6.08 Å². The lowest BCUT2D eigenvalue weighted by atomic mass is 10.1. The Kier molecular flexibility index (Phi) is 3.73. The maximum absolute atomic E-state index is 5.96. The predicted octanol–water partition coefficient (Wildman–Crippen LogP) is 4.84. The Balaban J connectivity index is 2.01. The van der Waals surface area contributed by atoms with E-state index in [1.807, 2.05) is 18.2 Å². The molecule has 0 aliphatic carbocycles. The summed E-state index contributed by atoms with van der Waals surface area (Å²) < 4.78 is 11.3. The minimum atomic E-state index is 0.769. The molecule has 0 N–H and O–H groups in total. The normalized spacial score (nSPS) is 15.4. The average molecular weight is 266 g/mol. The molecule has 0 radical (unpaired) electrons. The molecule has 2 aliphatic rings. The smallest absolute Gasteiger partial charge is 0.169 e. The van der Waals surface area contributed by atoms with Crippen molar-refractivity contribution in [3.05, 3.63) is 59.7 Å². The van der Waals surface area contributed by atoms with E-state index in [4.69, 9.17) is 9.47 Å². The van der Waals surface area contributed by atoms with Crippen molar-refractivity contribution in [1.82, 2.24) is 0 Å². The number of allylic oxidation sites excluding steroid dienone is 1. The van der Waals surface area contributed by atoms with E-state index >= 15 is 0 Å². The van der Waals surface area contributed by atoms with Gasteiger partial charge in [-0.25, -0.2) is 0 Å². The Morgan fingerprint density at radius 3 is 2.70 bits per heavy atom. The maximum Gasteiger partial charge on any atom is 0.169 e. The highest BCUT2D eigenvalue weighted by atomic mass is 16.5. The number of fused-ring (bicyclic) bond motifs is 5. The van der Waals surface area contributed by atoms with Gasteiger partial charge < -0.3 is 9.47 Å². The highest BCUT2D eigenvalue weighted by Crippen LogP contribution is 2.33. The second-order valence-corrected chi connectivity index (χ2v) is 4.95. The fraction of sp³-hybridized carbons (Fsp3) is 0.222. The van der Waals surface area contributed by atoms with E-state index in [0.717, 1.165) is 36.5 Å². The molecule has 2 aliphatic heterocycles. The number of hydrogen-bond donors (Lipinski definition) is 0. The maximum atomic E-state index is 5.96. The highest BCUT2D eigenvalue weighted by Gasteiger charge is 2.07. The summed E-state index contributed by atoms with van der Waals surface area (Å²) in [6, 6.07) is 14.3. The lowest BCUT2D eigenvalue weighted by molar-refractivity contribution is 0.378. The molecule has 2 heteroatoms. The van der Waals surface area contributed by atoms with Gasteiger partial charge in [0, 0.05) is 0 Å². The zero-order chi connectivity index (χ0) is 13.8. The summed E-state index contributed by atoms with van der Waals surface area (Å²) in [6.45, 7) is 0. The van der Waals surface area contributed by atoms with E-state index in [9.17, 15) is 0 Å². The summed E-state index contributed by atoms with van der Waals surface area (Å²) in [5.41, 5.74) is 2.49. The first-order valence-corrected chi connectivity index (χ1v) is 6.96. The number of benzene rings is 2. The third kappa shape index (κ3) is 2.85. The van der Waals surface area contributed by atoms with Crippen molar-refractivity contribution in [2.75, 3.05) is 7.11 Å². The van der Waals surface area contributed by atoms with Gasteiger partial charge in [0.05, 0.1) is 7.11 Å². The number of methoxy groups -OCH3 is 1. The Morgan fingerprint density at radius 2 is 1.90 bits per heavy atom. The minimum absolute atomic E-state index is 0.769. The van der Waals surface area contributed by atoms with Gasteiger partial charge in [-0.1, -0.05) is 30.4 Å². The number of hydrogen-bond acceptors (Lipinski definition) is 2. The molecule has 2 aromatic carbocycles. The fourth-order valence-corrected chi connectivity index (χ4v) is 2.37. The summed E-state index contributed by atoms with van der Waals surface area (Å²) >= 11 is 0. The van der Waals surface area contributed by atoms with Crippen molar-refractivity contribution in [3.63, 3.8) is 0 Å². The molecule has 0 atom stereocenters. The van der Waals surface area contributed by atoms with E-state index in [1.54, 1.807) is 7.11 Å². The molecular formula is C18H18O2. The molecule has 4 bridgehead atoms. The van der Waals surface area contributed by atoms with Gasteiger partial charge in [-0.2, -0.15) is 0 Å². The number of ether oxygens (including phenoxy) is 2. The summed E-state index contributed by atoms with van der Waals surface area (Å²) in [5, 5.41) is 0. The molecule has 102 valence electrons. The Labute approximate surface area is 119 Å².